The van der Waals surface area contributed by atoms with Crippen LogP contribution in [-0.4, -0.2) is 24.8 Å². The van der Waals surface area contributed by atoms with Gasteiger partial charge in [-0.05, 0) is 59.0 Å². The second kappa shape index (κ2) is 10.6. The smallest absolute Gasteiger partial charge is 0.331 e. The molecular formula is C19H34O3. The summed E-state index contributed by atoms with van der Waals surface area (Å²) in [6, 6.07) is 0. The van der Waals surface area contributed by atoms with Crippen LogP contribution < -0.4 is 0 Å². The van der Waals surface area contributed by atoms with Gasteiger partial charge in [0.2, 0.25) is 0 Å². The lowest BCUT2D eigenvalue weighted by atomic mass is 9.95. The zero-order chi connectivity index (χ0) is 17.2. The Kier molecular flexibility index (Phi) is 10.1. The molecule has 0 aromatic carbocycles. The summed E-state index contributed by atoms with van der Waals surface area (Å²) in [6.45, 7) is 12.1. The van der Waals surface area contributed by atoms with Crippen molar-refractivity contribution < 1.29 is 14.3 Å². The minimum Gasteiger partial charge on any atom is -0.460 e. The SMILES string of the molecule is COC(C)(C)CCCC(C)C/C=C\C(C)=C\C(=O)OC(C)C. The molecule has 0 N–H and O–H groups in total. The fourth-order valence-corrected chi connectivity index (χ4v) is 2.08. The van der Waals surface area contributed by atoms with Crippen molar-refractivity contribution in [1.82, 2.24) is 0 Å². The van der Waals surface area contributed by atoms with Gasteiger partial charge in [0.15, 0.2) is 0 Å². The highest BCUT2D eigenvalue weighted by molar-refractivity contribution is 5.83. The molecule has 0 bridgehead atoms. The predicted octanol–water partition coefficient (Wildman–Crippen LogP) is 5.06. The van der Waals surface area contributed by atoms with E-state index in [0.717, 1.165) is 18.4 Å². The molecule has 1 atom stereocenters. The van der Waals surface area contributed by atoms with Crippen LogP contribution in [0.3, 0.4) is 0 Å². The molecule has 0 radical (unpaired) electrons. The van der Waals surface area contributed by atoms with Crippen LogP contribution in [0.2, 0.25) is 0 Å². The van der Waals surface area contributed by atoms with Crippen LogP contribution in [0.5, 0.6) is 0 Å². The summed E-state index contributed by atoms with van der Waals surface area (Å²) in [7, 11) is 1.77. The first-order valence-corrected chi connectivity index (χ1v) is 8.27. The number of allylic oxidation sites excluding steroid dienone is 3. The molecule has 0 spiro atoms. The summed E-state index contributed by atoms with van der Waals surface area (Å²) in [6.07, 6.45) is 10.1. The Bertz CT molecular complexity index is 378. The van der Waals surface area contributed by atoms with Crippen LogP contribution in [0, 0.1) is 5.92 Å². The lowest BCUT2D eigenvalue weighted by molar-refractivity contribution is -0.141. The maximum absolute atomic E-state index is 11.5. The Balaban J connectivity index is 4.05. The van der Waals surface area contributed by atoms with Crippen LogP contribution in [0.4, 0.5) is 0 Å². The highest BCUT2D eigenvalue weighted by atomic mass is 16.5. The number of hydrogen-bond acceptors (Lipinski definition) is 3. The molecule has 1 unspecified atom stereocenters. The summed E-state index contributed by atoms with van der Waals surface area (Å²) in [4.78, 5) is 11.5. The van der Waals surface area contributed by atoms with E-state index < -0.39 is 0 Å². The molecule has 0 aromatic heterocycles. The summed E-state index contributed by atoms with van der Waals surface area (Å²) in [5.74, 6) is 0.367. The summed E-state index contributed by atoms with van der Waals surface area (Å²) >= 11 is 0. The van der Waals surface area contributed by atoms with Gasteiger partial charge in [-0.15, -0.1) is 0 Å². The number of rotatable bonds is 10. The Morgan fingerprint density at radius 1 is 1.23 bits per heavy atom. The van der Waals surface area contributed by atoms with Crippen LogP contribution in [0.25, 0.3) is 0 Å². The van der Waals surface area contributed by atoms with Gasteiger partial charge in [0.25, 0.3) is 0 Å². The molecule has 3 nitrogen and oxygen atoms in total. The molecule has 0 rings (SSSR count). The average Bonchev–Trinajstić information content (AvgIpc) is 2.37. The molecule has 0 saturated heterocycles. The molecule has 0 aromatic rings. The zero-order valence-electron chi connectivity index (χ0n) is 15.4. The van der Waals surface area contributed by atoms with E-state index in [1.807, 2.05) is 26.8 Å². The normalized spacial score (nSPS) is 14.6. The van der Waals surface area contributed by atoms with Gasteiger partial charge in [-0.25, -0.2) is 4.79 Å². The van der Waals surface area contributed by atoms with Crippen molar-refractivity contribution >= 4 is 5.97 Å². The van der Waals surface area contributed by atoms with Gasteiger partial charge in [-0.2, -0.15) is 0 Å². The van der Waals surface area contributed by atoms with Crippen LogP contribution in [-0.2, 0) is 14.3 Å². The van der Waals surface area contributed by atoms with Crippen molar-refractivity contribution in [1.29, 1.82) is 0 Å². The standard InChI is InChI=1S/C19H34O3/c1-15(2)22-18(20)14-17(4)11-8-10-16(3)12-9-13-19(5,6)21-7/h8,11,14-16H,9-10,12-13H2,1-7H3/b11-8-,17-14+. The van der Waals surface area contributed by atoms with Crippen molar-refractivity contribution in [3.05, 3.63) is 23.8 Å². The predicted molar refractivity (Wildman–Crippen MR) is 92.8 cm³/mol. The Morgan fingerprint density at radius 3 is 2.41 bits per heavy atom. The van der Waals surface area contributed by atoms with E-state index in [4.69, 9.17) is 9.47 Å². The van der Waals surface area contributed by atoms with Crippen molar-refractivity contribution in [2.24, 2.45) is 5.92 Å². The van der Waals surface area contributed by atoms with Crippen LogP contribution in [0.15, 0.2) is 23.8 Å². The van der Waals surface area contributed by atoms with Crippen molar-refractivity contribution in [2.45, 2.75) is 78.9 Å². The molecule has 22 heavy (non-hydrogen) atoms. The molecule has 0 aliphatic heterocycles. The van der Waals surface area contributed by atoms with Gasteiger partial charge >= 0.3 is 5.97 Å². The first-order valence-electron chi connectivity index (χ1n) is 8.27. The highest BCUT2D eigenvalue weighted by Gasteiger charge is 2.15. The minimum absolute atomic E-state index is 0.0222. The quantitative estimate of drug-likeness (QED) is 0.321. The molecule has 0 heterocycles. The third-order valence-electron chi connectivity index (χ3n) is 3.64. The lowest BCUT2D eigenvalue weighted by Gasteiger charge is -2.23. The maximum atomic E-state index is 11.5. The van der Waals surface area contributed by atoms with E-state index >= 15 is 0 Å². The number of carbonyl (C=O) groups excluding carboxylic acids is 1. The topological polar surface area (TPSA) is 35.5 Å². The maximum Gasteiger partial charge on any atom is 0.331 e. The average molecular weight is 310 g/mol. The third kappa shape index (κ3) is 11.6. The van der Waals surface area contributed by atoms with Crippen molar-refractivity contribution in [3.63, 3.8) is 0 Å². The van der Waals surface area contributed by atoms with E-state index in [2.05, 4.69) is 26.8 Å². The number of hydrogen-bond donors (Lipinski definition) is 0. The molecule has 0 amide bonds. The van der Waals surface area contributed by atoms with Gasteiger partial charge in [0.1, 0.15) is 0 Å². The number of carbonyl (C=O) groups is 1. The minimum atomic E-state index is -0.271. The number of ether oxygens (including phenoxy) is 2. The zero-order valence-corrected chi connectivity index (χ0v) is 15.4. The Hall–Kier alpha value is -1.09. The monoisotopic (exact) mass is 310 g/mol. The van der Waals surface area contributed by atoms with Gasteiger partial charge in [-0.1, -0.05) is 31.9 Å². The van der Waals surface area contributed by atoms with E-state index in [1.165, 1.54) is 12.8 Å². The van der Waals surface area contributed by atoms with Crippen molar-refractivity contribution in [3.8, 4) is 0 Å². The summed E-state index contributed by atoms with van der Waals surface area (Å²) in [5, 5.41) is 0. The lowest BCUT2D eigenvalue weighted by Crippen LogP contribution is -2.22. The van der Waals surface area contributed by atoms with E-state index in [1.54, 1.807) is 13.2 Å². The van der Waals surface area contributed by atoms with Gasteiger partial charge in [-0.3, -0.25) is 0 Å². The molecule has 0 aliphatic rings. The van der Waals surface area contributed by atoms with E-state index in [-0.39, 0.29) is 17.7 Å². The van der Waals surface area contributed by atoms with Crippen LogP contribution >= 0.6 is 0 Å². The third-order valence-corrected chi connectivity index (χ3v) is 3.64. The largest absolute Gasteiger partial charge is 0.460 e. The Morgan fingerprint density at radius 2 is 1.86 bits per heavy atom. The molecular weight excluding hydrogens is 276 g/mol. The second-order valence-electron chi connectivity index (χ2n) is 6.97. The summed E-state index contributed by atoms with van der Waals surface area (Å²) in [5.41, 5.74) is 0.907. The van der Waals surface area contributed by atoms with Gasteiger partial charge in [0.05, 0.1) is 11.7 Å². The second-order valence-corrected chi connectivity index (χ2v) is 6.97. The fourth-order valence-electron chi connectivity index (χ4n) is 2.08. The van der Waals surface area contributed by atoms with Crippen LogP contribution in [0.1, 0.15) is 67.2 Å². The summed E-state index contributed by atoms with van der Waals surface area (Å²) < 4.78 is 10.5. The van der Waals surface area contributed by atoms with Gasteiger partial charge < -0.3 is 9.47 Å². The van der Waals surface area contributed by atoms with E-state index in [0.29, 0.717) is 5.92 Å². The number of methoxy groups -OCH3 is 1. The molecule has 0 aliphatic carbocycles. The van der Waals surface area contributed by atoms with Crippen molar-refractivity contribution in [2.75, 3.05) is 7.11 Å². The number of esters is 1. The fraction of sp³-hybridized carbons (Fsp3) is 0.737. The molecule has 0 fully saturated rings. The van der Waals surface area contributed by atoms with E-state index in [9.17, 15) is 4.79 Å². The first-order chi connectivity index (χ1) is 10.2. The Labute approximate surface area is 136 Å². The molecule has 3 heteroatoms. The molecule has 0 saturated carbocycles. The molecule has 128 valence electrons. The highest BCUT2D eigenvalue weighted by Crippen LogP contribution is 2.20. The van der Waals surface area contributed by atoms with Gasteiger partial charge in [0, 0.05) is 13.2 Å². The first kappa shape index (κ1) is 20.9.